The maximum Gasteiger partial charge on any atom is 0.306 e. The number of benzene rings is 1. The molecule has 0 aromatic heterocycles. The lowest BCUT2D eigenvalue weighted by atomic mass is 9.44. The number of nitrogens with zero attached hydrogens (tertiary/aromatic N) is 1. The van der Waals surface area contributed by atoms with Crippen molar-refractivity contribution in [2.45, 2.75) is 58.3 Å². The van der Waals surface area contributed by atoms with Gasteiger partial charge in [-0.1, -0.05) is 20.8 Å². The molecule has 0 amide bonds. The number of esters is 1. The molecule has 3 aliphatic rings. The first-order valence-electron chi connectivity index (χ1n) is 10.5. The summed E-state index contributed by atoms with van der Waals surface area (Å²) in [6.45, 7) is 5.75. The van der Waals surface area contributed by atoms with Crippen molar-refractivity contribution in [3.05, 3.63) is 33.4 Å². The largest absolute Gasteiger partial charge is 0.508 e. The Morgan fingerprint density at radius 3 is 2.48 bits per heavy atom. The summed E-state index contributed by atoms with van der Waals surface area (Å²) in [6.07, 6.45) is 1.33. The van der Waals surface area contributed by atoms with Gasteiger partial charge in [-0.2, -0.15) is 0 Å². The summed E-state index contributed by atoms with van der Waals surface area (Å²) in [5.74, 6) is -0.692. The van der Waals surface area contributed by atoms with E-state index in [4.69, 9.17) is 4.74 Å². The molecule has 3 fully saturated rings. The topological polar surface area (TPSA) is 136 Å². The molecule has 1 aromatic carbocycles. The van der Waals surface area contributed by atoms with Gasteiger partial charge >= 0.3 is 5.97 Å². The zero-order valence-electron chi connectivity index (χ0n) is 18.0. The molecule has 31 heavy (non-hydrogen) atoms. The standard InChI is InChI=1S/C22H29NO8/c1-12(7-20(27)30-5-4-6-31-23(28)29)13-8-18(25)21(19(26)9-13)14-10-17(24)16-11-15(14)22(16,2)3/h8-9,12,14-16,25-26H,4-7,10-11H2,1-3H3/t12?,14-,15+,16-/m0/s1. The van der Waals surface area contributed by atoms with Crippen LogP contribution in [0.3, 0.4) is 0 Å². The Morgan fingerprint density at radius 1 is 1.29 bits per heavy atom. The summed E-state index contributed by atoms with van der Waals surface area (Å²) in [6, 6.07) is 3.08. The highest BCUT2D eigenvalue weighted by atomic mass is 16.9. The Balaban J connectivity index is 1.63. The number of hydrogen-bond acceptors (Lipinski definition) is 8. The Labute approximate surface area is 180 Å². The molecule has 0 saturated heterocycles. The number of phenols is 2. The molecule has 0 aliphatic heterocycles. The lowest BCUT2D eigenvalue weighted by Crippen LogP contribution is -2.56. The highest BCUT2D eigenvalue weighted by Gasteiger charge is 2.59. The molecule has 4 rings (SSSR count). The first kappa shape index (κ1) is 22.8. The van der Waals surface area contributed by atoms with Crippen molar-refractivity contribution in [1.82, 2.24) is 0 Å². The van der Waals surface area contributed by atoms with Crippen LogP contribution >= 0.6 is 0 Å². The Kier molecular flexibility index (Phi) is 6.43. The summed E-state index contributed by atoms with van der Waals surface area (Å²) in [4.78, 5) is 38.7. The second kappa shape index (κ2) is 8.72. The number of Topliss-reactive ketones (excluding diaryl/α,β-unsaturated/α-hetero) is 1. The predicted molar refractivity (Wildman–Crippen MR) is 109 cm³/mol. The molecular weight excluding hydrogens is 406 g/mol. The van der Waals surface area contributed by atoms with Crippen LogP contribution in [0.5, 0.6) is 11.5 Å². The summed E-state index contributed by atoms with van der Waals surface area (Å²) >= 11 is 0. The Morgan fingerprint density at radius 2 is 1.94 bits per heavy atom. The van der Waals surface area contributed by atoms with Crippen LogP contribution in [0.1, 0.15) is 69.4 Å². The average molecular weight is 435 g/mol. The molecule has 9 heteroatoms. The SMILES string of the molecule is CC(CC(=O)OCCCO[N+](=O)[O-])c1cc(O)c([C@H]2CC(=O)[C@@H]3C[C@H]2C3(C)C)c(O)c1. The van der Waals surface area contributed by atoms with Crippen LogP contribution in [0.2, 0.25) is 0 Å². The fourth-order valence-electron chi connectivity index (χ4n) is 5.11. The predicted octanol–water partition coefficient (Wildman–Crippen LogP) is 3.45. The number of ketones is 1. The van der Waals surface area contributed by atoms with E-state index in [2.05, 4.69) is 18.7 Å². The van der Waals surface area contributed by atoms with Gasteiger partial charge in [0.25, 0.3) is 5.09 Å². The van der Waals surface area contributed by atoms with Crippen molar-refractivity contribution in [2.24, 2.45) is 17.3 Å². The molecule has 0 radical (unpaired) electrons. The van der Waals surface area contributed by atoms with Crippen LogP contribution in [0, 0.1) is 27.4 Å². The number of phenolic OH excluding ortho intramolecular Hbond substituents is 2. The first-order chi connectivity index (χ1) is 14.5. The van der Waals surface area contributed by atoms with E-state index in [-0.39, 0.29) is 72.4 Å². The molecule has 1 unspecified atom stereocenters. The number of carbonyl (C=O) groups excluding carboxylic acids is 2. The normalized spacial score (nSPS) is 24.7. The van der Waals surface area contributed by atoms with E-state index in [1.807, 2.05) is 0 Å². The third-order valence-corrected chi connectivity index (χ3v) is 6.96. The molecule has 0 spiro atoms. The van der Waals surface area contributed by atoms with Crippen molar-refractivity contribution in [3.63, 3.8) is 0 Å². The molecule has 1 aromatic rings. The maximum atomic E-state index is 12.5. The fraction of sp³-hybridized carbons (Fsp3) is 0.636. The smallest absolute Gasteiger partial charge is 0.306 e. The molecule has 170 valence electrons. The van der Waals surface area contributed by atoms with Gasteiger partial charge in [-0.3, -0.25) is 9.59 Å². The summed E-state index contributed by atoms with van der Waals surface area (Å²) in [5, 5.41) is 30.5. The zero-order chi connectivity index (χ0) is 22.9. The van der Waals surface area contributed by atoms with Crippen LogP contribution < -0.4 is 0 Å². The van der Waals surface area contributed by atoms with Crippen LogP contribution in [0.15, 0.2) is 12.1 Å². The number of aromatic hydroxyl groups is 2. The zero-order valence-corrected chi connectivity index (χ0v) is 18.0. The van der Waals surface area contributed by atoms with Gasteiger partial charge in [0.1, 0.15) is 17.3 Å². The monoisotopic (exact) mass is 435 g/mol. The van der Waals surface area contributed by atoms with Crippen molar-refractivity contribution < 1.29 is 34.5 Å². The van der Waals surface area contributed by atoms with Gasteiger partial charge in [-0.15, -0.1) is 10.1 Å². The van der Waals surface area contributed by atoms with E-state index in [0.29, 0.717) is 17.5 Å². The van der Waals surface area contributed by atoms with Crippen LogP contribution in [-0.2, 0) is 19.2 Å². The molecular formula is C22H29NO8. The number of fused-ring (bicyclic) bond motifs is 2. The lowest BCUT2D eigenvalue weighted by Gasteiger charge is -2.59. The highest BCUT2D eigenvalue weighted by Crippen LogP contribution is 2.64. The summed E-state index contributed by atoms with van der Waals surface area (Å²) < 4.78 is 5.05. The summed E-state index contributed by atoms with van der Waals surface area (Å²) in [5.41, 5.74) is 0.855. The van der Waals surface area contributed by atoms with Crippen molar-refractivity contribution >= 4 is 11.8 Å². The molecule has 2 N–H and O–H groups in total. The third kappa shape index (κ3) is 4.60. The van der Waals surface area contributed by atoms with Crippen LogP contribution in [0.4, 0.5) is 0 Å². The average Bonchev–Trinajstić information content (AvgIpc) is 2.66. The third-order valence-electron chi connectivity index (χ3n) is 6.96. The van der Waals surface area contributed by atoms with E-state index < -0.39 is 11.1 Å². The van der Waals surface area contributed by atoms with E-state index in [1.54, 1.807) is 19.1 Å². The minimum Gasteiger partial charge on any atom is -0.508 e. The van der Waals surface area contributed by atoms with Crippen LogP contribution in [0.25, 0.3) is 0 Å². The van der Waals surface area contributed by atoms with Gasteiger partial charge in [0, 0.05) is 30.2 Å². The number of rotatable bonds is 9. The number of carbonyl (C=O) groups is 2. The minimum absolute atomic E-state index is 0.00269. The van der Waals surface area contributed by atoms with Crippen LogP contribution in [-0.4, -0.2) is 40.3 Å². The van der Waals surface area contributed by atoms with Gasteiger partial charge in [-0.25, -0.2) is 0 Å². The van der Waals surface area contributed by atoms with E-state index in [9.17, 15) is 29.9 Å². The fourth-order valence-corrected chi connectivity index (χ4v) is 5.11. The number of hydrogen-bond donors (Lipinski definition) is 2. The van der Waals surface area contributed by atoms with Gasteiger partial charge in [0.05, 0.1) is 19.6 Å². The van der Waals surface area contributed by atoms with Gasteiger partial charge in [0.2, 0.25) is 0 Å². The van der Waals surface area contributed by atoms with Crippen molar-refractivity contribution in [3.8, 4) is 11.5 Å². The minimum atomic E-state index is -0.903. The summed E-state index contributed by atoms with van der Waals surface area (Å²) in [7, 11) is 0. The second-order valence-electron chi connectivity index (χ2n) is 9.20. The Bertz CT molecular complexity index is 857. The van der Waals surface area contributed by atoms with E-state index in [1.165, 1.54) is 0 Å². The van der Waals surface area contributed by atoms with Crippen molar-refractivity contribution in [2.75, 3.05) is 13.2 Å². The highest BCUT2D eigenvalue weighted by molar-refractivity contribution is 5.86. The van der Waals surface area contributed by atoms with E-state index in [0.717, 1.165) is 6.42 Å². The van der Waals surface area contributed by atoms with Gasteiger partial charge < -0.3 is 19.8 Å². The molecule has 2 bridgehead atoms. The first-order valence-corrected chi connectivity index (χ1v) is 10.5. The molecule has 3 saturated carbocycles. The van der Waals surface area contributed by atoms with Crippen molar-refractivity contribution in [1.29, 1.82) is 0 Å². The van der Waals surface area contributed by atoms with Gasteiger partial charge in [-0.05, 0) is 41.4 Å². The molecule has 4 atom stereocenters. The molecule has 9 nitrogen and oxygen atoms in total. The maximum absolute atomic E-state index is 12.5. The number of ether oxygens (including phenoxy) is 1. The Hall–Kier alpha value is -2.84. The lowest BCUT2D eigenvalue weighted by molar-refractivity contribution is -0.757. The molecule has 0 heterocycles. The van der Waals surface area contributed by atoms with Gasteiger partial charge in [0.15, 0.2) is 0 Å². The quantitative estimate of drug-likeness (QED) is 0.260. The molecule has 3 aliphatic carbocycles. The second-order valence-corrected chi connectivity index (χ2v) is 9.20. The van der Waals surface area contributed by atoms with E-state index >= 15 is 0 Å².